The van der Waals surface area contributed by atoms with E-state index in [0.717, 1.165) is 30.3 Å². The summed E-state index contributed by atoms with van der Waals surface area (Å²) in [7, 11) is 3.12. The van der Waals surface area contributed by atoms with Crippen LogP contribution in [0.25, 0.3) is 11.0 Å². The number of nitrogens with zero attached hydrogens (tertiary/aromatic N) is 3. The summed E-state index contributed by atoms with van der Waals surface area (Å²) in [6.45, 7) is 4.43. The van der Waals surface area contributed by atoms with E-state index in [2.05, 4.69) is 19.2 Å². The Morgan fingerprint density at radius 3 is 2.54 bits per heavy atom. The molecule has 3 aromatic rings. The number of anilines is 1. The van der Waals surface area contributed by atoms with Crippen LogP contribution in [0, 0.1) is 0 Å². The Hall–Kier alpha value is -3.20. The zero-order valence-electron chi connectivity index (χ0n) is 20.6. The molecule has 2 atom stereocenters. The van der Waals surface area contributed by atoms with Crippen LogP contribution >= 0.6 is 11.8 Å². The number of hydrogen-bond donors (Lipinski definition) is 1. The first kappa shape index (κ1) is 24.9. The summed E-state index contributed by atoms with van der Waals surface area (Å²) in [5, 5.41) is 3.53. The first-order valence-electron chi connectivity index (χ1n) is 11.8. The SMILES string of the molecule is COc1ccc(OC)c(NC(=O)CSc2nc3ccccc3n2CC(=O)N2[C@H](C)CCC[C@H]2C)c1. The van der Waals surface area contributed by atoms with Gasteiger partial charge in [0.1, 0.15) is 18.0 Å². The van der Waals surface area contributed by atoms with Gasteiger partial charge in [0, 0.05) is 18.2 Å². The highest BCUT2D eigenvalue weighted by molar-refractivity contribution is 7.99. The molecule has 0 saturated carbocycles. The molecule has 2 amide bonds. The van der Waals surface area contributed by atoms with Gasteiger partial charge >= 0.3 is 0 Å². The maximum absolute atomic E-state index is 13.4. The van der Waals surface area contributed by atoms with E-state index in [0.29, 0.717) is 22.3 Å². The number of imidazole rings is 1. The summed E-state index contributed by atoms with van der Waals surface area (Å²) in [5.74, 6) is 1.18. The van der Waals surface area contributed by atoms with Gasteiger partial charge in [-0.15, -0.1) is 0 Å². The monoisotopic (exact) mass is 496 g/mol. The lowest BCUT2D eigenvalue weighted by molar-refractivity contribution is -0.138. The van der Waals surface area contributed by atoms with Gasteiger partial charge in [-0.1, -0.05) is 23.9 Å². The quantitative estimate of drug-likeness (QED) is 0.460. The number of rotatable bonds is 8. The fourth-order valence-electron chi connectivity index (χ4n) is 4.67. The van der Waals surface area contributed by atoms with Crippen LogP contribution in [0.2, 0.25) is 0 Å². The zero-order valence-corrected chi connectivity index (χ0v) is 21.4. The van der Waals surface area contributed by atoms with E-state index in [1.54, 1.807) is 32.4 Å². The standard InChI is InChI=1S/C26H32N4O4S/c1-17-8-7-9-18(2)30(17)25(32)15-29-22-11-6-5-10-20(22)28-26(29)35-16-24(31)27-21-14-19(33-3)12-13-23(21)34-4/h5-6,10-14,17-18H,7-9,15-16H2,1-4H3,(H,27,31)/t17-,18-/m1/s1. The molecule has 4 rings (SSSR count). The molecule has 0 bridgehead atoms. The van der Waals surface area contributed by atoms with Crippen LogP contribution in [0.5, 0.6) is 11.5 Å². The number of methoxy groups -OCH3 is 2. The lowest BCUT2D eigenvalue weighted by atomic mass is 9.97. The molecule has 0 radical (unpaired) electrons. The minimum Gasteiger partial charge on any atom is -0.497 e. The molecular weight excluding hydrogens is 464 g/mol. The second-order valence-corrected chi connectivity index (χ2v) is 9.74. The van der Waals surface area contributed by atoms with E-state index in [4.69, 9.17) is 14.5 Å². The molecule has 0 aliphatic carbocycles. The Morgan fingerprint density at radius 1 is 1.09 bits per heavy atom. The topological polar surface area (TPSA) is 85.7 Å². The second kappa shape index (κ2) is 11.0. The number of carbonyl (C=O) groups excluding carboxylic acids is 2. The molecular formula is C26H32N4O4S. The van der Waals surface area contributed by atoms with Crippen molar-refractivity contribution in [2.24, 2.45) is 0 Å². The Kier molecular flexibility index (Phi) is 7.85. The predicted octanol–water partition coefficient (Wildman–Crippen LogP) is 4.57. The summed E-state index contributed by atoms with van der Waals surface area (Å²) in [6, 6.07) is 13.4. The maximum atomic E-state index is 13.4. The average Bonchev–Trinajstić information content (AvgIpc) is 3.19. The third-order valence-electron chi connectivity index (χ3n) is 6.41. The number of aromatic nitrogens is 2. The van der Waals surface area contributed by atoms with Crippen molar-refractivity contribution in [1.82, 2.24) is 14.5 Å². The number of benzene rings is 2. The number of fused-ring (bicyclic) bond motifs is 1. The van der Waals surface area contributed by atoms with Gasteiger partial charge in [0.2, 0.25) is 11.8 Å². The van der Waals surface area contributed by atoms with Crippen LogP contribution in [-0.4, -0.2) is 58.3 Å². The summed E-state index contributed by atoms with van der Waals surface area (Å²) in [4.78, 5) is 32.9. The summed E-state index contributed by atoms with van der Waals surface area (Å²) >= 11 is 1.31. The maximum Gasteiger partial charge on any atom is 0.243 e. The number of likely N-dealkylation sites (tertiary alicyclic amines) is 1. The van der Waals surface area contributed by atoms with Gasteiger partial charge in [-0.2, -0.15) is 0 Å². The van der Waals surface area contributed by atoms with Crippen molar-refractivity contribution in [3.05, 3.63) is 42.5 Å². The molecule has 1 aliphatic rings. The third kappa shape index (κ3) is 5.56. The Balaban J connectivity index is 1.51. The number of nitrogens with one attached hydrogen (secondary N) is 1. The van der Waals surface area contributed by atoms with Gasteiger partial charge in [-0.25, -0.2) is 4.98 Å². The van der Waals surface area contributed by atoms with Crippen LogP contribution in [0.3, 0.4) is 0 Å². The summed E-state index contributed by atoms with van der Waals surface area (Å²) < 4.78 is 12.5. The predicted molar refractivity (Wildman–Crippen MR) is 138 cm³/mol. The molecule has 0 unspecified atom stereocenters. The lowest BCUT2D eigenvalue weighted by Crippen LogP contribution is -2.48. The van der Waals surface area contributed by atoms with E-state index >= 15 is 0 Å². The van der Waals surface area contributed by atoms with Gasteiger partial charge in [0.05, 0.1) is 36.7 Å². The van der Waals surface area contributed by atoms with E-state index in [-0.39, 0.29) is 36.2 Å². The van der Waals surface area contributed by atoms with E-state index in [9.17, 15) is 9.59 Å². The fraction of sp³-hybridized carbons (Fsp3) is 0.423. The lowest BCUT2D eigenvalue weighted by Gasteiger charge is -2.39. The average molecular weight is 497 g/mol. The normalized spacial score (nSPS) is 17.9. The molecule has 35 heavy (non-hydrogen) atoms. The molecule has 2 aromatic carbocycles. The first-order chi connectivity index (χ1) is 16.9. The van der Waals surface area contributed by atoms with Crippen molar-refractivity contribution in [3.63, 3.8) is 0 Å². The molecule has 9 heteroatoms. The van der Waals surface area contributed by atoms with Crippen molar-refractivity contribution in [2.45, 2.75) is 56.9 Å². The van der Waals surface area contributed by atoms with Gasteiger partial charge in [-0.3, -0.25) is 9.59 Å². The van der Waals surface area contributed by atoms with Gasteiger partial charge in [0.25, 0.3) is 0 Å². The van der Waals surface area contributed by atoms with Crippen molar-refractivity contribution in [2.75, 3.05) is 25.3 Å². The molecule has 186 valence electrons. The molecule has 8 nitrogen and oxygen atoms in total. The molecule has 0 spiro atoms. The molecule has 1 saturated heterocycles. The molecule has 1 aromatic heterocycles. The molecule has 1 N–H and O–H groups in total. The third-order valence-corrected chi connectivity index (χ3v) is 7.38. The van der Waals surface area contributed by atoms with Crippen molar-refractivity contribution < 1.29 is 19.1 Å². The minimum atomic E-state index is -0.204. The number of piperidine rings is 1. The minimum absolute atomic E-state index is 0.0836. The highest BCUT2D eigenvalue weighted by Crippen LogP contribution is 2.30. The highest BCUT2D eigenvalue weighted by atomic mass is 32.2. The number of para-hydroxylation sites is 2. The van der Waals surface area contributed by atoms with Gasteiger partial charge < -0.3 is 24.3 Å². The number of amides is 2. The highest BCUT2D eigenvalue weighted by Gasteiger charge is 2.29. The van der Waals surface area contributed by atoms with E-state index < -0.39 is 0 Å². The van der Waals surface area contributed by atoms with Crippen LogP contribution in [0.4, 0.5) is 5.69 Å². The Labute approximate surface area is 210 Å². The molecule has 1 fully saturated rings. The first-order valence-corrected chi connectivity index (χ1v) is 12.8. The number of thioether (sulfide) groups is 1. The summed E-state index contributed by atoms with van der Waals surface area (Å²) in [5.41, 5.74) is 2.22. The number of carbonyl (C=O) groups is 2. The Morgan fingerprint density at radius 2 is 1.83 bits per heavy atom. The van der Waals surface area contributed by atoms with Crippen molar-refractivity contribution >= 4 is 40.3 Å². The van der Waals surface area contributed by atoms with Gasteiger partial charge in [0.15, 0.2) is 5.16 Å². The van der Waals surface area contributed by atoms with Crippen LogP contribution in [-0.2, 0) is 16.1 Å². The Bertz CT molecular complexity index is 1200. The van der Waals surface area contributed by atoms with Gasteiger partial charge in [-0.05, 0) is 57.4 Å². The fourth-order valence-corrected chi connectivity index (χ4v) is 5.49. The second-order valence-electron chi connectivity index (χ2n) is 8.80. The van der Waals surface area contributed by atoms with Crippen molar-refractivity contribution in [3.8, 4) is 11.5 Å². The summed E-state index contributed by atoms with van der Waals surface area (Å²) in [6.07, 6.45) is 3.20. The zero-order chi connectivity index (χ0) is 24.9. The van der Waals surface area contributed by atoms with Crippen LogP contribution in [0.15, 0.2) is 47.6 Å². The molecule has 2 heterocycles. The van der Waals surface area contributed by atoms with Crippen LogP contribution < -0.4 is 14.8 Å². The van der Waals surface area contributed by atoms with Crippen molar-refractivity contribution in [1.29, 1.82) is 0 Å². The largest absolute Gasteiger partial charge is 0.497 e. The number of ether oxygens (including phenoxy) is 2. The smallest absolute Gasteiger partial charge is 0.243 e. The number of hydrogen-bond acceptors (Lipinski definition) is 6. The van der Waals surface area contributed by atoms with Crippen LogP contribution in [0.1, 0.15) is 33.1 Å². The molecule has 1 aliphatic heterocycles. The van der Waals surface area contributed by atoms with E-state index in [1.807, 2.05) is 33.7 Å². The van der Waals surface area contributed by atoms with E-state index in [1.165, 1.54) is 11.8 Å².